The van der Waals surface area contributed by atoms with Crippen molar-refractivity contribution >= 4 is 44.9 Å². The average molecular weight is 363 g/mol. The molecular formula is C16H15BrN2OS. The Morgan fingerprint density at radius 3 is 2.38 bits per heavy atom. The van der Waals surface area contributed by atoms with E-state index in [0.29, 0.717) is 5.56 Å². The maximum atomic E-state index is 12.2. The van der Waals surface area contributed by atoms with Crippen LogP contribution in [0.25, 0.3) is 0 Å². The molecule has 0 saturated heterocycles. The van der Waals surface area contributed by atoms with Crippen molar-refractivity contribution in [3.63, 3.8) is 0 Å². The van der Waals surface area contributed by atoms with E-state index in [1.165, 1.54) is 0 Å². The maximum absolute atomic E-state index is 12.2. The predicted octanol–water partition coefficient (Wildman–Crippen LogP) is 4.19. The second-order valence-electron chi connectivity index (χ2n) is 4.73. The first kappa shape index (κ1) is 15.7. The minimum Gasteiger partial charge on any atom is -0.332 e. The zero-order valence-electron chi connectivity index (χ0n) is 11.7. The van der Waals surface area contributed by atoms with Crippen LogP contribution in [0, 0.1) is 13.8 Å². The molecule has 2 rings (SSSR count). The standard InChI is InChI=1S/C16H15BrN2OS/c1-10-3-8-14(11(2)9-10)15(20)19-16(21)18-13-6-4-12(17)5-7-13/h3-9H,1-2H3,(H2,18,19,20,21). The fraction of sp³-hybridized carbons (Fsp3) is 0.125. The van der Waals surface area contributed by atoms with Gasteiger partial charge in [-0.3, -0.25) is 10.1 Å². The lowest BCUT2D eigenvalue weighted by atomic mass is 10.1. The highest BCUT2D eigenvalue weighted by atomic mass is 79.9. The second-order valence-corrected chi connectivity index (χ2v) is 6.06. The molecule has 2 aromatic carbocycles. The summed E-state index contributed by atoms with van der Waals surface area (Å²) in [5.74, 6) is -0.206. The normalized spacial score (nSPS) is 10.0. The Balaban J connectivity index is 2.02. The summed E-state index contributed by atoms with van der Waals surface area (Å²) in [5, 5.41) is 5.95. The molecule has 2 N–H and O–H groups in total. The number of rotatable bonds is 2. The molecule has 0 aromatic heterocycles. The molecule has 0 atom stereocenters. The number of anilines is 1. The Kier molecular flexibility index (Phi) is 5.09. The Morgan fingerprint density at radius 1 is 1.10 bits per heavy atom. The van der Waals surface area contributed by atoms with E-state index in [-0.39, 0.29) is 11.0 Å². The largest absolute Gasteiger partial charge is 0.332 e. The summed E-state index contributed by atoms with van der Waals surface area (Å²) in [4.78, 5) is 12.2. The topological polar surface area (TPSA) is 41.1 Å². The Morgan fingerprint density at radius 2 is 1.76 bits per heavy atom. The van der Waals surface area contributed by atoms with Crippen molar-refractivity contribution in [1.29, 1.82) is 0 Å². The number of halogens is 1. The number of hydrogen-bond donors (Lipinski definition) is 2. The molecule has 0 unspecified atom stereocenters. The molecule has 0 bridgehead atoms. The third-order valence-electron chi connectivity index (χ3n) is 2.96. The van der Waals surface area contributed by atoms with Crippen molar-refractivity contribution < 1.29 is 4.79 Å². The Hall–Kier alpha value is -1.72. The zero-order valence-corrected chi connectivity index (χ0v) is 14.1. The molecule has 2 aromatic rings. The SMILES string of the molecule is Cc1ccc(C(=O)NC(=S)Nc2ccc(Br)cc2)c(C)c1. The van der Waals surface area contributed by atoms with Gasteiger partial charge in [-0.15, -0.1) is 0 Å². The highest BCUT2D eigenvalue weighted by Crippen LogP contribution is 2.14. The lowest BCUT2D eigenvalue weighted by molar-refractivity contribution is 0.0977. The van der Waals surface area contributed by atoms with Gasteiger partial charge in [-0.1, -0.05) is 33.6 Å². The number of carbonyl (C=O) groups is 1. The van der Waals surface area contributed by atoms with Crippen molar-refractivity contribution in [1.82, 2.24) is 5.32 Å². The molecule has 1 amide bonds. The number of hydrogen-bond acceptors (Lipinski definition) is 2. The van der Waals surface area contributed by atoms with E-state index in [1.54, 1.807) is 0 Å². The second kappa shape index (κ2) is 6.83. The molecule has 5 heteroatoms. The van der Waals surface area contributed by atoms with E-state index in [1.807, 2.05) is 56.3 Å². The highest BCUT2D eigenvalue weighted by Gasteiger charge is 2.10. The van der Waals surface area contributed by atoms with E-state index in [2.05, 4.69) is 26.6 Å². The number of amides is 1. The molecule has 3 nitrogen and oxygen atoms in total. The minimum absolute atomic E-state index is 0.206. The van der Waals surface area contributed by atoms with Gasteiger partial charge in [0, 0.05) is 15.7 Å². The predicted molar refractivity (Wildman–Crippen MR) is 93.7 cm³/mol. The fourth-order valence-corrected chi connectivity index (χ4v) is 2.41. The molecule has 0 heterocycles. The maximum Gasteiger partial charge on any atom is 0.257 e. The summed E-state index contributed by atoms with van der Waals surface area (Å²) in [6.07, 6.45) is 0. The average Bonchev–Trinajstić information content (AvgIpc) is 2.41. The molecule has 0 spiro atoms. The van der Waals surface area contributed by atoms with Crippen molar-refractivity contribution in [3.05, 3.63) is 63.6 Å². The number of nitrogens with one attached hydrogen (secondary N) is 2. The Bertz CT molecular complexity index is 683. The first-order valence-corrected chi connectivity index (χ1v) is 7.61. The lowest BCUT2D eigenvalue weighted by Gasteiger charge is -2.11. The van der Waals surface area contributed by atoms with Crippen LogP contribution in [0.2, 0.25) is 0 Å². The summed E-state index contributed by atoms with van der Waals surface area (Å²) in [5.41, 5.74) is 3.50. The smallest absolute Gasteiger partial charge is 0.257 e. The molecule has 0 aliphatic heterocycles. The third-order valence-corrected chi connectivity index (χ3v) is 3.69. The van der Waals surface area contributed by atoms with Crippen LogP contribution < -0.4 is 10.6 Å². The monoisotopic (exact) mass is 362 g/mol. The quantitative estimate of drug-likeness (QED) is 0.786. The first-order chi connectivity index (χ1) is 9.95. The van der Waals surface area contributed by atoms with Gasteiger partial charge < -0.3 is 5.32 Å². The summed E-state index contributed by atoms with van der Waals surface area (Å²) < 4.78 is 0.985. The summed E-state index contributed by atoms with van der Waals surface area (Å²) in [6, 6.07) is 13.2. The molecule has 0 radical (unpaired) electrons. The van der Waals surface area contributed by atoms with E-state index < -0.39 is 0 Å². The van der Waals surface area contributed by atoms with Crippen molar-refractivity contribution in [3.8, 4) is 0 Å². The Labute approximate surface area is 137 Å². The van der Waals surface area contributed by atoms with E-state index in [4.69, 9.17) is 12.2 Å². The summed E-state index contributed by atoms with van der Waals surface area (Å²) in [6.45, 7) is 3.90. The molecular weight excluding hydrogens is 348 g/mol. The van der Waals surface area contributed by atoms with Gasteiger partial charge in [0.15, 0.2) is 5.11 Å². The van der Waals surface area contributed by atoms with Crippen LogP contribution in [0.3, 0.4) is 0 Å². The molecule has 0 aliphatic carbocycles. The van der Waals surface area contributed by atoms with E-state index in [9.17, 15) is 4.79 Å². The number of thiocarbonyl (C=S) groups is 1. The minimum atomic E-state index is -0.206. The molecule has 108 valence electrons. The van der Waals surface area contributed by atoms with Crippen LogP contribution in [-0.2, 0) is 0 Å². The summed E-state index contributed by atoms with van der Waals surface area (Å²) >= 11 is 8.53. The van der Waals surface area contributed by atoms with Gasteiger partial charge in [0.25, 0.3) is 5.91 Å². The van der Waals surface area contributed by atoms with Gasteiger partial charge in [0.2, 0.25) is 0 Å². The van der Waals surface area contributed by atoms with Crippen LogP contribution in [0.1, 0.15) is 21.5 Å². The molecule has 0 fully saturated rings. The molecule has 0 saturated carbocycles. The first-order valence-electron chi connectivity index (χ1n) is 6.41. The number of carbonyl (C=O) groups excluding carboxylic acids is 1. The van der Waals surface area contributed by atoms with Crippen LogP contribution in [0.5, 0.6) is 0 Å². The molecule has 21 heavy (non-hydrogen) atoms. The van der Waals surface area contributed by atoms with Gasteiger partial charge >= 0.3 is 0 Å². The number of aryl methyl sites for hydroxylation is 2. The van der Waals surface area contributed by atoms with Crippen LogP contribution in [0.4, 0.5) is 5.69 Å². The highest BCUT2D eigenvalue weighted by molar-refractivity contribution is 9.10. The van der Waals surface area contributed by atoms with Crippen molar-refractivity contribution in [2.75, 3.05) is 5.32 Å². The van der Waals surface area contributed by atoms with Gasteiger partial charge in [-0.25, -0.2) is 0 Å². The van der Waals surface area contributed by atoms with Gasteiger partial charge in [-0.2, -0.15) is 0 Å². The lowest BCUT2D eigenvalue weighted by Crippen LogP contribution is -2.34. The van der Waals surface area contributed by atoms with E-state index >= 15 is 0 Å². The van der Waals surface area contributed by atoms with E-state index in [0.717, 1.165) is 21.3 Å². The van der Waals surface area contributed by atoms with Crippen LogP contribution >= 0.6 is 28.1 Å². The van der Waals surface area contributed by atoms with Crippen molar-refractivity contribution in [2.45, 2.75) is 13.8 Å². The van der Waals surface area contributed by atoms with Crippen LogP contribution in [-0.4, -0.2) is 11.0 Å². The van der Waals surface area contributed by atoms with Crippen molar-refractivity contribution in [2.24, 2.45) is 0 Å². The number of benzene rings is 2. The van der Waals surface area contributed by atoms with Crippen LogP contribution in [0.15, 0.2) is 46.9 Å². The third kappa shape index (κ3) is 4.37. The van der Waals surface area contributed by atoms with Gasteiger partial charge in [0.05, 0.1) is 0 Å². The summed E-state index contributed by atoms with van der Waals surface area (Å²) in [7, 11) is 0. The fourth-order valence-electron chi connectivity index (χ4n) is 1.93. The van der Waals surface area contributed by atoms with Gasteiger partial charge in [-0.05, 0) is 62.0 Å². The van der Waals surface area contributed by atoms with Gasteiger partial charge in [0.1, 0.15) is 0 Å². The zero-order chi connectivity index (χ0) is 15.4. The molecule has 0 aliphatic rings.